The zero-order valence-electron chi connectivity index (χ0n) is 9.50. The third kappa shape index (κ3) is 2.71. The Bertz CT molecular complexity index is 250. The van der Waals surface area contributed by atoms with Crippen LogP contribution in [0.15, 0.2) is 0 Å². The van der Waals surface area contributed by atoms with Gasteiger partial charge in [-0.05, 0) is 37.5 Å². The first kappa shape index (κ1) is 10.9. The molecule has 0 aliphatic heterocycles. The molecular weight excluding hydrogens is 190 g/mol. The van der Waals surface area contributed by atoms with Crippen LogP contribution in [0.4, 0.5) is 0 Å². The van der Waals surface area contributed by atoms with Crippen LogP contribution in [-0.2, 0) is 9.53 Å². The lowest BCUT2D eigenvalue weighted by atomic mass is 9.77. The molecule has 2 rings (SSSR count). The molecule has 86 valence electrons. The van der Waals surface area contributed by atoms with Crippen molar-refractivity contribution in [2.75, 3.05) is 6.61 Å². The van der Waals surface area contributed by atoms with Crippen LogP contribution in [0.5, 0.6) is 0 Å². The highest BCUT2D eigenvalue weighted by molar-refractivity contribution is 5.80. The highest BCUT2D eigenvalue weighted by atomic mass is 16.5. The van der Waals surface area contributed by atoms with E-state index in [0.29, 0.717) is 18.4 Å². The maximum atomic E-state index is 11.9. The van der Waals surface area contributed by atoms with Gasteiger partial charge in [0, 0.05) is 0 Å². The van der Waals surface area contributed by atoms with Crippen molar-refractivity contribution < 1.29 is 9.53 Å². The highest BCUT2D eigenvalue weighted by Gasteiger charge is 2.40. The van der Waals surface area contributed by atoms with Crippen molar-refractivity contribution in [3.63, 3.8) is 0 Å². The summed E-state index contributed by atoms with van der Waals surface area (Å²) in [6.07, 6.45) is 6.24. The fourth-order valence-electron chi connectivity index (χ4n) is 2.40. The number of hydrogen-bond acceptors (Lipinski definition) is 3. The Kier molecular flexibility index (Phi) is 3.01. The van der Waals surface area contributed by atoms with Gasteiger partial charge in [-0.15, -0.1) is 0 Å². The van der Waals surface area contributed by atoms with Crippen LogP contribution in [0.3, 0.4) is 0 Å². The van der Waals surface area contributed by atoms with E-state index in [1.807, 2.05) is 0 Å². The number of hydrogen-bond donors (Lipinski definition) is 1. The van der Waals surface area contributed by atoms with E-state index in [9.17, 15) is 4.79 Å². The van der Waals surface area contributed by atoms with E-state index in [0.717, 1.165) is 19.3 Å². The zero-order valence-corrected chi connectivity index (χ0v) is 9.50. The third-order valence-corrected chi connectivity index (χ3v) is 3.59. The van der Waals surface area contributed by atoms with E-state index in [-0.39, 0.29) is 5.97 Å². The molecule has 2 saturated carbocycles. The molecule has 0 aromatic rings. The number of nitrogens with two attached hydrogens (primary N) is 1. The molecule has 2 unspecified atom stereocenters. The molecule has 0 saturated heterocycles. The predicted octanol–water partition coefficient (Wildman–Crippen LogP) is 1.85. The molecule has 0 bridgehead atoms. The van der Waals surface area contributed by atoms with Gasteiger partial charge in [0.2, 0.25) is 0 Å². The van der Waals surface area contributed by atoms with E-state index in [4.69, 9.17) is 10.5 Å². The fraction of sp³-hybridized carbons (Fsp3) is 0.917. The Morgan fingerprint density at radius 3 is 2.80 bits per heavy atom. The van der Waals surface area contributed by atoms with E-state index in [1.165, 1.54) is 19.3 Å². The summed E-state index contributed by atoms with van der Waals surface area (Å²) in [7, 11) is 0. The van der Waals surface area contributed by atoms with Gasteiger partial charge in [0.05, 0.1) is 6.61 Å². The lowest BCUT2D eigenvalue weighted by Crippen LogP contribution is -2.52. The van der Waals surface area contributed by atoms with E-state index >= 15 is 0 Å². The number of rotatable bonds is 3. The Labute approximate surface area is 91.4 Å². The van der Waals surface area contributed by atoms with Crippen LogP contribution < -0.4 is 5.73 Å². The molecule has 0 radical (unpaired) electrons. The topological polar surface area (TPSA) is 52.3 Å². The van der Waals surface area contributed by atoms with E-state index in [2.05, 4.69) is 6.92 Å². The largest absolute Gasteiger partial charge is 0.464 e. The van der Waals surface area contributed by atoms with Crippen molar-refractivity contribution in [2.45, 2.75) is 51.0 Å². The minimum atomic E-state index is -0.688. The van der Waals surface area contributed by atoms with E-state index in [1.54, 1.807) is 0 Å². The van der Waals surface area contributed by atoms with Crippen molar-refractivity contribution in [1.82, 2.24) is 0 Å². The minimum absolute atomic E-state index is 0.166. The van der Waals surface area contributed by atoms with Crippen LogP contribution in [0.25, 0.3) is 0 Å². The van der Waals surface area contributed by atoms with Crippen LogP contribution in [0.2, 0.25) is 0 Å². The lowest BCUT2D eigenvalue weighted by Gasteiger charge is -2.34. The number of carbonyl (C=O) groups excluding carboxylic acids is 1. The van der Waals surface area contributed by atoms with Crippen LogP contribution in [0, 0.1) is 11.8 Å². The normalized spacial score (nSPS) is 36.3. The fourth-order valence-corrected chi connectivity index (χ4v) is 2.40. The van der Waals surface area contributed by atoms with E-state index < -0.39 is 5.54 Å². The molecule has 2 N–H and O–H groups in total. The summed E-state index contributed by atoms with van der Waals surface area (Å²) in [5, 5.41) is 0. The first-order valence-corrected chi connectivity index (χ1v) is 6.06. The standard InChI is InChI=1S/C12H21NO2/c1-9-3-2-6-12(13,7-9)11(14)15-8-10-4-5-10/h9-10H,2-8,13H2,1H3. The predicted molar refractivity (Wildman–Crippen MR) is 58.2 cm³/mol. The van der Waals surface area contributed by atoms with Crippen LogP contribution >= 0.6 is 0 Å². The highest BCUT2D eigenvalue weighted by Crippen LogP contribution is 2.33. The van der Waals surface area contributed by atoms with Gasteiger partial charge >= 0.3 is 5.97 Å². The number of carbonyl (C=O) groups is 1. The molecule has 0 aromatic heterocycles. The summed E-state index contributed by atoms with van der Waals surface area (Å²) in [5.41, 5.74) is 5.44. The zero-order chi connectivity index (χ0) is 10.9. The summed E-state index contributed by atoms with van der Waals surface area (Å²) in [6.45, 7) is 2.75. The van der Waals surface area contributed by atoms with Crippen molar-refractivity contribution >= 4 is 5.97 Å². The van der Waals surface area contributed by atoms with Crippen molar-refractivity contribution in [3.05, 3.63) is 0 Å². The number of esters is 1. The van der Waals surface area contributed by atoms with Crippen LogP contribution in [0.1, 0.15) is 45.4 Å². The first-order chi connectivity index (χ1) is 7.10. The van der Waals surface area contributed by atoms with Gasteiger partial charge in [-0.25, -0.2) is 0 Å². The average Bonchev–Trinajstić information content (AvgIpc) is 2.97. The second-order valence-corrected chi connectivity index (χ2v) is 5.40. The molecule has 0 spiro atoms. The molecule has 0 amide bonds. The molecule has 2 aliphatic rings. The summed E-state index contributed by atoms with van der Waals surface area (Å²) in [5.74, 6) is 1.01. The molecule has 2 atom stereocenters. The Balaban J connectivity index is 1.85. The summed E-state index contributed by atoms with van der Waals surface area (Å²) in [6, 6.07) is 0. The molecule has 3 heteroatoms. The van der Waals surface area contributed by atoms with Gasteiger partial charge in [-0.1, -0.05) is 19.8 Å². The quantitative estimate of drug-likeness (QED) is 0.725. The molecule has 0 heterocycles. The number of ether oxygens (including phenoxy) is 1. The maximum absolute atomic E-state index is 11.9. The van der Waals surface area contributed by atoms with Crippen molar-refractivity contribution in [2.24, 2.45) is 17.6 Å². The lowest BCUT2D eigenvalue weighted by molar-refractivity contribution is -0.152. The second kappa shape index (κ2) is 4.12. The van der Waals surface area contributed by atoms with Gasteiger partial charge in [-0.3, -0.25) is 4.79 Å². The molecule has 3 nitrogen and oxygen atoms in total. The first-order valence-electron chi connectivity index (χ1n) is 6.06. The third-order valence-electron chi connectivity index (χ3n) is 3.59. The molecular formula is C12H21NO2. The van der Waals surface area contributed by atoms with Crippen LogP contribution in [-0.4, -0.2) is 18.1 Å². The molecule has 2 aliphatic carbocycles. The van der Waals surface area contributed by atoms with Gasteiger partial charge in [0.15, 0.2) is 0 Å². The summed E-state index contributed by atoms with van der Waals surface area (Å²) >= 11 is 0. The molecule has 0 aromatic carbocycles. The van der Waals surface area contributed by atoms with Crippen molar-refractivity contribution in [1.29, 1.82) is 0 Å². The smallest absolute Gasteiger partial charge is 0.326 e. The van der Waals surface area contributed by atoms with Crippen molar-refractivity contribution in [3.8, 4) is 0 Å². The summed E-state index contributed by atoms with van der Waals surface area (Å²) < 4.78 is 5.29. The average molecular weight is 211 g/mol. The Morgan fingerprint density at radius 1 is 1.47 bits per heavy atom. The van der Waals surface area contributed by atoms with Gasteiger partial charge in [0.25, 0.3) is 0 Å². The summed E-state index contributed by atoms with van der Waals surface area (Å²) in [4.78, 5) is 11.9. The molecule has 2 fully saturated rings. The second-order valence-electron chi connectivity index (χ2n) is 5.40. The SMILES string of the molecule is CC1CCCC(N)(C(=O)OCC2CC2)C1. The minimum Gasteiger partial charge on any atom is -0.464 e. The Hall–Kier alpha value is -0.570. The molecule has 15 heavy (non-hydrogen) atoms. The van der Waals surface area contributed by atoms with Gasteiger partial charge in [-0.2, -0.15) is 0 Å². The van der Waals surface area contributed by atoms with Gasteiger partial charge < -0.3 is 10.5 Å². The maximum Gasteiger partial charge on any atom is 0.326 e. The monoisotopic (exact) mass is 211 g/mol. The van der Waals surface area contributed by atoms with Gasteiger partial charge in [0.1, 0.15) is 5.54 Å². The Morgan fingerprint density at radius 2 is 2.20 bits per heavy atom.